The van der Waals surface area contributed by atoms with Crippen LogP contribution in [-0.2, 0) is 24.4 Å². The highest BCUT2D eigenvalue weighted by atomic mass is 19.1. The van der Waals surface area contributed by atoms with E-state index in [1.807, 2.05) is 26.0 Å². The van der Waals surface area contributed by atoms with Gasteiger partial charge in [-0.15, -0.1) is 0 Å². The fraction of sp³-hybridized carbons (Fsp3) is 0.160. The number of H-pyrrole nitrogens is 5. The highest BCUT2D eigenvalue weighted by molar-refractivity contribution is 6.10. The maximum absolute atomic E-state index is 13.6. The van der Waals surface area contributed by atoms with Gasteiger partial charge < -0.3 is 69.5 Å². The van der Waals surface area contributed by atoms with E-state index in [9.17, 15) is 55.8 Å². The number of nitrogens with zero attached hydrogens (tertiary/aromatic N) is 6. The van der Waals surface area contributed by atoms with Gasteiger partial charge in [-0.2, -0.15) is 25.5 Å². The topological polar surface area (TPSA) is 424 Å². The zero-order valence-electron chi connectivity index (χ0n) is 74.3. The first-order valence-electron chi connectivity index (χ1n) is 42.2. The van der Waals surface area contributed by atoms with Crippen LogP contribution in [0.5, 0.6) is 28.7 Å². The molecule has 0 spiro atoms. The molecule has 0 saturated carbocycles. The largest absolute Gasteiger partial charge is 0.496 e. The van der Waals surface area contributed by atoms with Crippen molar-refractivity contribution >= 4 is 90.0 Å². The zero-order chi connectivity index (χ0) is 96.1. The number of ether oxygens (including phenoxy) is 5. The van der Waals surface area contributed by atoms with Crippen LogP contribution in [-0.4, -0.2) is 158 Å². The van der Waals surface area contributed by atoms with Crippen molar-refractivity contribution in [3.63, 3.8) is 0 Å². The summed E-state index contributed by atoms with van der Waals surface area (Å²) >= 11 is 0. The number of halogens is 5. The van der Waals surface area contributed by atoms with Crippen LogP contribution >= 0.6 is 0 Å². The van der Waals surface area contributed by atoms with E-state index >= 15 is 0 Å². The second-order valence-electron chi connectivity index (χ2n) is 30.7. The average Bonchev–Trinajstić information content (AvgIpc) is 1.60. The Balaban J connectivity index is 0.000000136. The number of furan rings is 2. The van der Waals surface area contributed by atoms with E-state index in [0.29, 0.717) is 192 Å². The van der Waals surface area contributed by atoms with Crippen molar-refractivity contribution < 1.29 is 88.3 Å². The van der Waals surface area contributed by atoms with Crippen molar-refractivity contribution in [2.24, 2.45) is 5.92 Å². The minimum absolute atomic E-state index is 0.0745. The Bertz CT molecular complexity index is 7260. The lowest BCUT2D eigenvalue weighted by atomic mass is 10.0. The summed E-state index contributed by atoms with van der Waals surface area (Å²) in [4.78, 5) is 78.3. The number of benzene rings is 10. The van der Waals surface area contributed by atoms with Gasteiger partial charge in [-0.25, -0.2) is 22.0 Å². The normalized spacial score (nSPS) is 11.1. The zero-order valence-corrected chi connectivity index (χ0v) is 74.3. The summed E-state index contributed by atoms with van der Waals surface area (Å²) in [5.41, 5.74) is 11.8. The third-order valence-electron chi connectivity index (χ3n) is 21.4. The number of methoxy groups -OCH3 is 5. The van der Waals surface area contributed by atoms with Crippen molar-refractivity contribution in [1.29, 1.82) is 0 Å². The number of carbonyl (C=O) groups is 6. The molecule has 0 aliphatic rings. The van der Waals surface area contributed by atoms with E-state index in [4.69, 9.17) is 32.5 Å². The minimum atomic E-state index is -0.370. The van der Waals surface area contributed by atoms with Gasteiger partial charge >= 0.3 is 0 Å². The number of hydrogen-bond acceptors (Lipinski definition) is 20. The van der Waals surface area contributed by atoms with Crippen LogP contribution in [0.2, 0.25) is 0 Å². The molecule has 6 amide bonds. The second-order valence-corrected chi connectivity index (χ2v) is 30.7. The van der Waals surface area contributed by atoms with Crippen LogP contribution in [0.1, 0.15) is 89.6 Å². The second kappa shape index (κ2) is 44.1. The van der Waals surface area contributed by atoms with Gasteiger partial charge in [0.1, 0.15) is 92.1 Å². The predicted molar refractivity (Wildman–Crippen MR) is 500 cm³/mol. The summed E-state index contributed by atoms with van der Waals surface area (Å²) in [6.45, 7) is 6.55. The molecule has 8 aromatic heterocycles. The minimum Gasteiger partial charge on any atom is -0.496 e. The number of aromatic nitrogens is 11. The van der Waals surface area contributed by atoms with Crippen molar-refractivity contribution in [2.75, 3.05) is 55.2 Å². The standard InChI is InChI=1S/C21H17FN4O2.2C20H16FN3O3.C20H22FN3O3.C19H19FN4O3/c1-28-19-10-18-16(20(26-25-18)14-5-2-6-15(22)8-14)9-17(19)21(27)24-12-13-4-3-7-23-11-13;1-26-19-15(20(25)22-11-14-6-3-9-27-14)7-8-16-17(19)18(24-23-16)12-4-2-5-13(21)10-12;1-26-18-10-17-15(19(24-23-17)12-4-2-5-13(21)8-12)9-16(18)20(25)22-11-14-6-3-7-27-14;1-11(2)17(10-25)22-20(26)15-8-14-16(9-18(15)27-3)23-24-19(14)12-5-4-6-13(21)7-12;1-11(25)21-6-7-22-19(26)15-9-14-16(10-17(15)27-2)23-24-18(14)12-4-3-5-13(20)8-12/h2-11H,12H2,1H3,(H,24,27)(H,25,26);2*2-10H,11H2,1H3,(H,22,25)(H,23,24);4-9,11,17,25H,10H2,1-3H3,(H,22,26)(H,23,24);3-5,8-10H,6-7H2,1-2H3,(H,21,25)(H,22,26)(H,23,24)/t;;;17-;/m...1./s1. The first kappa shape index (κ1) is 94.8. The van der Waals surface area contributed by atoms with Crippen molar-refractivity contribution in [1.82, 2.24) is 87.9 Å². The van der Waals surface area contributed by atoms with E-state index < -0.39 is 0 Å². The molecule has 31 nitrogen and oxygen atoms in total. The fourth-order valence-corrected chi connectivity index (χ4v) is 14.6. The summed E-state index contributed by atoms with van der Waals surface area (Å²) in [6.07, 6.45) is 6.46. The highest BCUT2D eigenvalue weighted by Crippen LogP contribution is 2.40. The Kier molecular flexibility index (Phi) is 30.7. The Labute approximate surface area is 772 Å². The molecule has 0 saturated heterocycles. The number of aliphatic hydroxyl groups is 1. The third kappa shape index (κ3) is 22.6. The summed E-state index contributed by atoms with van der Waals surface area (Å²) in [5, 5.41) is 65.3. The lowest BCUT2D eigenvalue weighted by molar-refractivity contribution is -0.118. The Morgan fingerprint density at radius 1 is 0.390 bits per heavy atom. The number of aliphatic hydroxyl groups excluding tert-OH is 1. The molecule has 694 valence electrons. The fourth-order valence-electron chi connectivity index (χ4n) is 14.6. The summed E-state index contributed by atoms with van der Waals surface area (Å²) < 4.78 is 105. The van der Waals surface area contributed by atoms with Crippen LogP contribution in [0, 0.1) is 35.0 Å². The Morgan fingerprint density at radius 3 is 1.12 bits per heavy atom. The van der Waals surface area contributed by atoms with E-state index in [0.717, 1.165) is 5.56 Å². The van der Waals surface area contributed by atoms with Crippen LogP contribution in [0.3, 0.4) is 0 Å². The molecule has 0 unspecified atom stereocenters. The molecule has 18 aromatic rings. The predicted octanol–water partition coefficient (Wildman–Crippen LogP) is 16.9. The SMILES string of the molecule is COc1c(C(=O)NCc2ccco2)ccc2n[nH]c(-c3cccc(F)c3)c12.COc1cc2[nH]nc(-c3cccc(F)c3)c2cc1C(=O)NCCNC(C)=O.COc1cc2[nH]nc(-c3cccc(F)c3)c2cc1C(=O)NCc1cccnc1.COc1cc2[nH]nc(-c3cccc(F)c3)c2cc1C(=O)NCc1ccco1.COc1cc2[nH]nc(-c3cccc(F)c3)c2cc1C(=O)N[C@H](CO)C(C)C. The van der Waals surface area contributed by atoms with Crippen LogP contribution in [0.4, 0.5) is 22.0 Å². The molecule has 1 atom stereocenters. The van der Waals surface area contributed by atoms with E-state index in [1.54, 1.807) is 171 Å². The molecular formula is C100H90F5N17O14. The summed E-state index contributed by atoms with van der Waals surface area (Å²) in [6, 6.07) is 57.9. The average molecular weight is 1850 g/mol. The van der Waals surface area contributed by atoms with E-state index in [2.05, 4.69) is 87.9 Å². The smallest absolute Gasteiger partial charge is 0.255 e. The quantitative estimate of drug-likeness (QED) is 0.0168. The number of pyridine rings is 1. The first-order chi connectivity index (χ1) is 65.9. The number of rotatable bonds is 27. The monoisotopic (exact) mass is 1850 g/mol. The molecule has 0 bridgehead atoms. The lowest BCUT2D eigenvalue weighted by Gasteiger charge is -2.20. The van der Waals surface area contributed by atoms with Gasteiger partial charge in [-0.3, -0.25) is 59.2 Å². The van der Waals surface area contributed by atoms with Crippen LogP contribution in [0.15, 0.2) is 252 Å². The Hall–Kier alpha value is -17.3. The number of nitrogens with one attached hydrogen (secondary N) is 11. The van der Waals surface area contributed by atoms with E-state index in [1.165, 1.54) is 103 Å². The highest BCUT2D eigenvalue weighted by Gasteiger charge is 2.27. The maximum Gasteiger partial charge on any atom is 0.255 e. The molecule has 18 rings (SSSR count). The molecule has 0 radical (unpaired) electrons. The number of fused-ring (bicyclic) bond motifs is 5. The lowest BCUT2D eigenvalue weighted by Crippen LogP contribution is -2.41. The number of aromatic amines is 5. The molecule has 136 heavy (non-hydrogen) atoms. The summed E-state index contributed by atoms with van der Waals surface area (Å²) in [5.74, 6) is -0.217. The van der Waals surface area contributed by atoms with Gasteiger partial charge in [0.25, 0.3) is 29.5 Å². The molecule has 0 aliphatic carbocycles. The number of carbonyl (C=O) groups excluding carboxylic acids is 6. The van der Waals surface area contributed by atoms with Gasteiger partial charge in [0.15, 0.2) is 0 Å². The molecule has 12 N–H and O–H groups in total. The van der Waals surface area contributed by atoms with Gasteiger partial charge in [0.05, 0.1) is 140 Å². The van der Waals surface area contributed by atoms with Crippen molar-refractivity contribution in [2.45, 2.75) is 46.4 Å². The molecule has 0 aliphatic heterocycles. The van der Waals surface area contributed by atoms with Crippen molar-refractivity contribution in [3.05, 3.63) is 317 Å². The molecular weight excluding hydrogens is 1760 g/mol. The van der Waals surface area contributed by atoms with Crippen LogP contribution < -0.4 is 55.6 Å². The van der Waals surface area contributed by atoms with Crippen molar-refractivity contribution in [3.8, 4) is 85.0 Å². The number of hydrogen-bond donors (Lipinski definition) is 12. The summed E-state index contributed by atoms with van der Waals surface area (Å²) in [7, 11) is 7.44. The molecule has 36 heteroatoms. The van der Waals surface area contributed by atoms with Crippen LogP contribution in [0.25, 0.3) is 111 Å². The van der Waals surface area contributed by atoms with E-state index in [-0.39, 0.29) is 103 Å². The third-order valence-corrected chi connectivity index (χ3v) is 21.4. The van der Waals surface area contributed by atoms with Gasteiger partial charge in [-0.05, 0) is 139 Å². The Morgan fingerprint density at radius 2 is 0.765 bits per heavy atom. The van der Waals surface area contributed by atoms with Gasteiger partial charge in [0, 0.05) is 113 Å². The molecule has 8 heterocycles. The molecule has 10 aromatic carbocycles. The maximum atomic E-state index is 13.6. The first-order valence-corrected chi connectivity index (χ1v) is 42.2. The molecule has 0 fully saturated rings. The number of amides is 6. The van der Waals surface area contributed by atoms with Gasteiger partial charge in [-0.1, -0.05) is 80.6 Å². The van der Waals surface area contributed by atoms with Gasteiger partial charge in [0.2, 0.25) is 5.91 Å².